The van der Waals surface area contributed by atoms with E-state index in [1.165, 1.54) is 11.8 Å². The quantitative estimate of drug-likeness (QED) is 0.301. The average Bonchev–Trinajstić information content (AvgIpc) is 3.32. The van der Waals surface area contributed by atoms with E-state index in [2.05, 4.69) is 22.3 Å². The van der Waals surface area contributed by atoms with Gasteiger partial charge in [0.15, 0.2) is 11.0 Å². The zero-order chi connectivity index (χ0) is 24.6. The molecule has 0 spiro atoms. The molecule has 0 aliphatic rings. The Kier molecular flexibility index (Phi) is 7.81. The van der Waals surface area contributed by atoms with Crippen molar-refractivity contribution in [2.24, 2.45) is 0 Å². The third-order valence-electron chi connectivity index (χ3n) is 5.38. The molecule has 176 valence electrons. The first-order chi connectivity index (χ1) is 17.1. The number of methoxy groups -OCH3 is 1. The number of amides is 1. The predicted molar refractivity (Wildman–Crippen MR) is 138 cm³/mol. The van der Waals surface area contributed by atoms with E-state index < -0.39 is 0 Å². The molecule has 0 N–H and O–H groups in total. The van der Waals surface area contributed by atoms with E-state index in [9.17, 15) is 4.79 Å². The van der Waals surface area contributed by atoms with E-state index in [1.807, 2.05) is 84.3 Å². The number of anilines is 1. The van der Waals surface area contributed by atoms with Crippen molar-refractivity contribution in [1.29, 1.82) is 5.26 Å². The average molecular weight is 484 g/mol. The zero-order valence-electron chi connectivity index (χ0n) is 19.6. The Balaban J connectivity index is 1.65. The van der Waals surface area contributed by atoms with Crippen molar-refractivity contribution >= 4 is 23.4 Å². The molecule has 1 aromatic heterocycles. The molecule has 0 aliphatic heterocycles. The fourth-order valence-corrected chi connectivity index (χ4v) is 4.50. The maximum atomic E-state index is 13.2. The highest BCUT2D eigenvalue weighted by Crippen LogP contribution is 2.30. The Morgan fingerprint density at radius 3 is 2.51 bits per heavy atom. The lowest BCUT2D eigenvalue weighted by molar-refractivity contribution is -0.116. The number of aryl methyl sites for hydroxylation is 1. The lowest BCUT2D eigenvalue weighted by atomic mass is 10.1. The van der Waals surface area contributed by atoms with E-state index in [1.54, 1.807) is 12.0 Å². The maximum absolute atomic E-state index is 13.2. The van der Waals surface area contributed by atoms with Crippen LogP contribution in [-0.2, 0) is 4.79 Å². The molecule has 0 saturated heterocycles. The Labute approximate surface area is 209 Å². The van der Waals surface area contributed by atoms with Crippen molar-refractivity contribution in [1.82, 2.24) is 14.8 Å². The number of thioether (sulfide) groups is 1. The number of carbonyl (C=O) groups excluding carboxylic acids is 1. The summed E-state index contributed by atoms with van der Waals surface area (Å²) in [6.45, 7) is 2.37. The normalized spacial score (nSPS) is 10.5. The van der Waals surface area contributed by atoms with Gasteiger partial charge in [0.25, 0.3) is 0 Å². The summed E-state index contributed by atoms with van der Waals surface area (Å²) in [5.74, 6) is 1.50. The topological polar surface area (TPSA) is 84.0 Å². The van der Waals surface area contributed by atoms with Crippen molar-refractivity contribution in [3.8, 4) is 28.9 Å². The number of aromatic nitrogens is 3. The summed E-state index contributed by atoms with van der Waals surface area (Å²) in [5.41, 5.74) is 3.69. The third kappa shape index (κ3) is 5.70. The minimum atomic E-state index is -0.0992. The first kappa shape index (κ1) is 24.0. The number of hydrogen-bond acceptors (Lipinski definition) is 6. The second kappa shape index (κ2) is 11.4. The summed E-state index contributed by atoms with van der Waals surface area (Å²) in [7, 11) is 1.63. The predicted octanol–water partition coefficient (Wildman–Crippen LogP) is 5.29. The molecule has 3 aromatic carbocycles. The number of rotatable bonds is 9. The Morgan fingerprint density at radius 2 is 1.83 bits per heavy atom. The molecule has 0 radical (unpaired) electrons. The van der Waals surface area contributed by atoms with Crippen LogP contribution < -0.4 is 9.64 Å². The van der Waals surface area contributed by atoms with E-state index in [0.717, 1.165) is 28.3 Å². The van der Waals surface area contributed by atoms with Crippen molar-refractivity contribution in [3.63, 3.8) is 0 Å². The Hall–Kier alpha value is -4.09. The molecule has 4 aromatic rings. The van der Waals surface area contributed by atoms with Gasteiger partial charge in [0, 0.05) is 23.5 Å². The van der Waals surface area contributed by atoms with Gasteiger partial charge >= 0.3 is 0 Å². The lowest BCUT2D eigenvalue weighted by Crippen LogP contribution is -2.33. The first-order valence-electron chi connectivity index (χ1n) is 11.1. The van der Waals surface area contributed by atoms with Crippen LogP contribution in [0.5, 0.6) is 5.75 Å². The molecular weight excluding hydrogens is 458 g/mol. The largest absolute Gasteiger partial charge is 0.497 e. The van der Waals surface area contributed by atoms with Crippen LogP contribution >= 0.6 is 11.8 Å². The van der Waals surface area contributed by atoms with Gasteiger partial charge in [0.2, 0.25) is 5.91 Å². The van der Waals surface area contributed by atoms with Crippen LogP contribution in [0.15, 0.2) is 84.0 Å². The fourth-order valence-electron chi connectivity index (χ4n) is 3.67. The van der Waals surface area contributed by atoms with Gasteiger partial charge in [-0.2, -0.15) is 5.26 Å². The van der Waals surface area contributed by atoms with Crippen molar-refractivity contribution in [2.45, 2.75) is 18.5 Å². The molecular formula is C27H25N5O2S. The summed E-state index contributed by atoms with van der Waals surface area (Å²) in [4.78, 5) is 14.8. The fraction of sp³-hybridized carbons (Fsp3) is 0.185. The molecule has 0 bridgehead atoms. The second-order valence-corrected chi connectivity index (χ2v) is 8.73. The van der Waals surface area contributed by atoms with Crippen LogP contribution in [0.25, 0.3) is 17.1 Å². The van der Waals surface area contributed by atoms with Crippen LogP contribution in [0.3, 0.4) is 0 Å². The SMILES string of the molecule is COc1ccc(-n2c(SCC(=O)N(CCC#N)c3ccccc3)nnc2-c2cccc(C)c2)cc1. The molecule has 35 heavy (non-hydrogen) atoms. The molecule has 0 fully saturated rings. The van der Waals surface area contributed by atoms with Gasteiger partial charge < -0.3 is 9.64 Å². The van der Waals surface area contributed by atoms with Crippen LogP contribution in [0.4, 0.5) is 5.69 Å². The molecule has 1 amide bonds. The second-order valence-electron chi connectivity index (χ2n) is 7.79. The van der Waals surface area contributed by atoms with Gasteiger partial charge in [-0.3, -0.25) is 9.36 Å². The number of hydrogen-bond donors (Lipinski definition) is 0. The molecule has 0 unspecified atom stereocenters. The molecule has 7 nitrogen and oxygen atoms in total. The van der Waals surface area contributed by atoms with Gasteiger partial charge in [-0.25, -0.2) is 0 Å². The van der Waals surface area contributed by atoms with E-state index >= 15 is 0 Å². The van der Waals surface area contributed by atoms with Crippen LogP contribution in [0.2, 0.25) is 0 Å². The van der Waals surface area contributed by atoms with Crippen LogP contribution in [-0.4, -0.2) is 40.1 Å². The van der Waals surface area contributed by atoms with Crippen molar-refractivity contribution in [3.05, 3.63) is 84.4 Å². The highest BCUT2D eigenvalue weighted by Gasteiger charge is 2.20. The van der Waals surface area contributed by atoms with Crippen molar-refractivity contribution in [2.75, 3.05) is 24.3 Å². The van der Waals surface area contributed by atoms with Gasteiger partial charge in [-0.1, -0.05) is 53.7 Å². The summed E-state index contributed by atoms with van der Waals surface area (Å²) < 4.78 is 7.26. The molecule has 0 atom stereocenters. The summed E-state index contributed by atoms with van der Waals surface area (Å²) in [5, 5.41) is 18.6. The molecule has 0 aliphatic carbocycles. The molecule has 4 rings (SSSR count). The number of nitrogens with zero attached hydrogens (tertiary/aromatic N) is 5. The number of para-hydroxylation sites is 1. The van der Waals surface area contributed by atoms with Crippen LogP contribution in [0, 0.1) is 18.3 Å². The maximum Gasteiger partial charge on any atom is 0.237 e. The summed E-state index contributed by atoms with van der Waals surface area (Å²) in [6, 6.07) is 27.2. The van der Waals surface area contributed by atoms with E-state index in [-0.39, 0.29) is 18.1 Å². The highest BCUT2D eigenvalue weighted by atomic mass is 32.2. The number of benzene rings is 3. The van der Waals surface area contributed by atoms with Crippen LogP contribution in [0.1, 0.15) is 12.0 Å². The van der Waals surface area contributed by atoms with Gasteiger partial charge in [-0.05, 0) is 49.4 Å². The highest BCUT2D eigenvalue weighted by molar-refractivity contribution is 7.99. The number of ether oxygens (including phenoxy) is 1. The number of nitriles is 1. The minimum absolute atomic E-state index is 0.0992. The monoisotopic (exact) mass is 483 g/mol. The third-order valence-corrected chi connectivity index (χ3v) is 6.29. The minimum Gasteiger partial charge on any atom is -0.497 e. The van der Waals surface area contributed by atoms with Crippen molar-refractivity contribution < 1.29 is 9.53 Å². The zero-order valence-corrected chi connectivity index (χ0v) is 20.4. The van der Waals surface area contributed by atoms with Gasteiger partial charge in [-0.15, -0.1) is 10.2 Å². The Morgan fingerprint density at radius 1 is 1.06 bits per heavy atom. The molecule has 1 heterocycles. The number of carbonyl (C=O) groups is 1. The summed E-state index contributed by atoms with van der Waals surface area (Å²) in [6.07, 6.45) is 0.255. The first-order valence-corrected chi connectivity index (χ1v) is 12.1. The molecule has 0 saturated carbocycles. The van der Waals surface area contributed by atoms with E-state index in [0.29, 0.717) is 17.5 Å². The lowest BCUT2D eigenvalue weighted by Gasteiger charge is -2.21. The van der Waals surface area contributed by atoms with Gasteiger partial charge in [0.05, 0.1) is 25.4 Å². The van der Waals surface area contributed by atoms with E-state index in [4.69, 9.17) is 10.00 Å². The van der Waals surface area contributed by atoms with Gasteiger partial charge in [0.1, 0.15) is 5.75 Å². The summed E-state index contributed by atoms with van der Waals surface area (Å²) >= 11 is 1.32. The smallest absolute Gasteiger partial charge is 0.237 e. The molecule has 8 heteroatoms. The Bertz CT molecular complexity index is 1330. The standard InChI is InChI=1S/C27H25N5O2S/c1-20-8-6-9-21(18-20)26-29-30-27(32(26)23-12-14-24(34-2)15-13-23)35-19-25(33)31(17-7-16-28)22-10-4-3-5-11-22/h3-6,8-15,18H,7,17,19H2,1-2H3.